The number of hydrazone groups is 1. The highest BCUT2D eigenvalue weighted by Crippen LogP contribution is 2.34. The summed E-state index contributed by atoms with van der Waals surface area (Å²) in [5.41, 5.74) is 3.56. The standard InChI is InChI=1S/C21H16F3I2N3O2/c1-30-18-9-14(10-28-29-19-7-4-15(11-27-19)21(22,23)24)8-17(26)20(18)31-12-13-2-5-16(25)6-3-13/h2-11H,12H2,1H3,(H,27,29)/b28-10-. The molecule has 0 unspecified atom stereocenters. The summed E-state index contributed by atoms with van der Waals surface area (Å²) in [6, 6.07) is 13.8. The number of benzene rings is 2. The number of hydrogen-bond acceptors (Lipinski definition) is 5. The van der Waals surface area contributed by atoms with Crippen molar-refractivity contribution in [2.24, 2.45) is 5.10 Å². The van der Waals surface area contributed by atoms with Crippen LogP contribution >= 0.6 is 45.2 Å². The van der Waals surface area contributed by atoms with Crippen LogP contribution in [0.5, 0.6) is 11.5 Å². The fourth-order valence-corrected chi connectivity index (χ4v) is 3.63. The van der Waals surface area contributed by atoms with E-state index in [1.807, 2.05) is 30.3 Å². The van der Waals surface area contributed by atoms with Crippen LogP contribution in [0.15, 0.2) is 59.8 Å². The summed E-state index contributed by atoms with van der Waals surface area (Å²) in [6.07, 6.45) is -2.15. The summed E-state index contributed by atoms with van der Waals surface area (Å²) in [5.74, 6) is 1.37. The topological polar surface area (TPSA) is 55.7 Å². The number of hydrogen-bond donors (Lipinski definition) is 1. The number of halogens is 5. The van der Waals surface area contributed by atoms with Gasteiger partial charge < -0.3 is 9.47 Å². The van der Waals surface area contributed by atoms with Gasteiger partial charge in [0.2, 0.25) is 0 Å². The van der Waals surface area contributed by atoms with E-state index in [0.717, 1.165) is 30.5 Å². The first kappa shape index (κ1) is 23.6. The summed E-state index contributed by atoms with van der Waals surface area (Å²) < 4.78 is 51.2. The Labute approximate surface area is 204 Å². The van der Waals surface area contributed by atoms with Gasteiger partial charge in [0, 0.05) is 9.77 Å². The van der Waals surface area contributed by atoms with Gasteiger partial charge in [0.15, 0.2) is 11.5 Å². The quantitative estimate of drug-likeness (QED) is 0.184. The molecular formula is C21H16F3I2N3O2. The van der Waals surface area contributed by atoms with E-state index in [2.05, 4.69) is 60.7 Å². The van der Waals surface area contributed by atoms with Crippen molar-refractivity contribution in [3.05, 3.63) is 78.6 Å². The Balaban J connectivity index is 1.68. The van der Waals surface area contributed by atoms with E-state index in [1.165, 1.54) is 12.3 Å². The average Bonchev–Trinajstić information content (AvgIpc) is 2.73. The predicted molar refractivity (Wildman–Crippen MR) is 130 cm³/mol. The molecule has 162 valence electrons. The molecular weight excluding hydrogens is 637 g/mol. The van der Waals surface area contributed by atoms with Gasteiger partial charge in [-0.1, -0.05) is 12.1 Å². The molecule has 0 aliphatic heterocycles. The first-order chi connectivity index (χ1) is 14.8. The molecule has 0 saturated carbocycles. The van der Waals surface area contributed by atoms with Crippen LogP contribution in [0.3, 0.4) is 0 Å². The number of methoxy groups -OCH3 is 1. The van der Waals surface area contributed by atoms with Crippen molar-refractivity contribution >= 4 is 57.2 Å². The van der Waals surface area contributed by atoms with Crippen LogP contribution in [0.25, 0.3) is 0 Å². The zero-order chi connectivity index (χ0) is 22.4. The molecule has 1 heterocycles. The second-order valence-electron chi connectivity index (χ2n) is 6.25. The molecule has 0 amide bonds. The average molecular weight is 653 g/mol. The molecule has 1 aromatic heterocycles. The number of anilines is 1. The fraction of sp³-hybridized carbons (Fsp3) is 0.143. The van der Waals surface area contributed by atoms with Gasteiger partial charge >= 0.3 is 6.18 Å². The molecule has 5 nitrogen and oxygen atoms in total. The Morgan fingerprint density at radius 1 is 1.10 bits per heavy atom. The van der Waals surface area contributed by atoms with Gasteiger partial charge in [-0.3, -0.25) is 5.43 Å². The maximum atomic E-state index is 12.6. The SMILES string of the molecule is COc1cc(/C=N\Nc2ccc(C(F)(F)F)cn2)cc(I)c1OCc1ccc(I)cc1. The molecule has 0 aliphatic carbocycles. The van der Waals surface area contributed by atoms with Crippen molar-refractivity contribution < 1.29 is 22.6 Å². The molecule has 0 radical (unpaired) electrons. The Bertz CT molecular complexity index is 1060. The third-order valence-corrected chi connectivity index (χ3v) is 5.55. The molecule has 0 bridgehead atoms. The van der Waals surface area contributed by atoms with Crippen LogP contribution in [-0.4, -0.2) is 18.3 Å². The number of pyridine rings is 1. The third-order valence-electron chi connectivity index (χ3n) is 4.03. The maximum Gasteiger partial charge on any atom is 0.417 e. The lowest BCUT2D eigenvalue weighted by atomic mass is 10.2. The lowest BCUT2D eigenvalue weighted by molar-refractivity contribution is -0.137. The Hall–Kier alpha value is -2.09. The summed E-state index contributed by atoms with van der Waals surface area (Å²) in [7, 11) is 1.55. The van der Waals surface area contributed by atoms with E-state index in [4.69, 9.17) is 9.47 Å². The number of rotatable bonds is 7. The minimum Gasteiger partial charge on any atom is -0.493 e. The molecule has 31 heavy (non-hydrogen) atoms. The maximum absolute atomic E-state index is 12.6. The van der Waals surface area contributed by atoms with Crippen LogP contribution in [0.4, 0.5) is 19.0 Å². The molecule has 10 heteroatoms. The summed E-state index contributed by atoms with van der Waals surface area (Å²) in [6.45, 7) is 0.401. The van der Waals surface area contributed by atoms with E-state index in [-0.39, 0.29) is 5.82 Å². The van der Waals surface area contributed by atoms with Gasteiger partial charge in [0.25, 0.3) is 0 Å². The van der Waals surface area contributed by atoms with E-state index in [1.54, 1.807) is 13.2 Å². The third kappa shape index (κ3) is 6.69. The van der Waals surface area contributed by atoms with Gasteiger partial charge in [-0.05, 0) is 92.7 Å². The largest absolute Gasteiger partial charge is 0.493 e. The minimum absolute atomic E-state index is 0.198. The van der Waals surface area contributed by atoms with Gasteiger partial charge in [-0.25, -0.2) is 4.98 Å². The van der Waals surface area contributed by atoms with Crippen LogP contribution in [0.2, 0.25) is 0 Å². The second kappa shape index (κ2) is 10.5. The fourth-order valence-electron chi connectivity index (χ4n) is 2.49. The molecule has 0 spiro atoms. The lowest BCUT2D eigenvalue weighted by Gasteiger charge is -2.13. The van der Waals surface area contributed by atoms with Crippen molar-refractivity contribution in [3.8, 4) is 11.5 Å². The normalized spacial score (nSPS) is 11.5. The molecule has 0 saturated heterocycles. The van der Waals surface area contributed by atoms with Gasteiger partial charge in [-0.15, -0.1) is 0 Å². The van der Waals surface area contributed by atoms with Gasteiger partial charge in [0.05, 0.1) is 22.5 Å². The van der Waals surface area contributed by atoms with Crippen LogP contribution in [-0.2, 0) is 12.8 Å². The van der Waals surface area contributed by atoms with E-state index in [0.29, 0.717) is 18.1 Å². The number of ether oxygens (including phenoxy) is 2. The molecule has 0 aliphatic rings. The summed E-state index contributed by atoms with van der Waals surface area (Å²) in [5, 5.41) is 4.03. The first-order valence-corrected chi connectivity index (χ1v) is 11.0. The zero-order valence-electron chi connectivity index (χ0n) is 16.1. The molecule has 2 aromatic carbocycles. The highest BCUT2D eigenvalue weighted by molar-refractivity contribution is 14.1. The monoisotopic (exact) mass is 653 g/mol. The highest BCUT2D eigenvalue weighted by Gasteiger charge is 2.30. The second-order valence-corrected chi connectivity index (χ2v) is 8.66. The van der Waals surface area contributed by atoms with Crippen molar-refractivity contribution in [2.75, 3.05) is 12.5 Å². The zero-order valence-corrected chi connectivity index (χ0v) is 20.4. The van der Waals surface area contributed by atoms with Crippen LogP contribution < -0.4 is 14.9 Å². The Morgan fingerprint density at radius 2 is 1.84 bits per heavy atom. The summed E-state index contributed by atoms with van der Waals surface area (Å²) in [4.78, 5) is 3.71. The van der Waals surface area contributed by atoms with Gasteiger partial charge in [-0.2, -0.15) is 18.3 Å². The number of nitrogens with zero attached hydrogens (tertiary/aromatic N) is 2. The Kier molecular flexibility index (Phi) is 7.97. The number of alkyl halides is 3. The van der Waals surface area contributed by atoms with Crippen LogP contribution in [0.1, 0.15) is 16.7 Å². The smallest absolute Gasteiger partial charge is 0.417 e. The molecule has 3 rings (SSSR count). The first-order valence-electron chi connectivity index (χ1n) is 8.83. The lowest BCUT2D eigenvalue weighted by Crippen LogP contribution is -2.05. The molecule has 1 N–H and O–H groups in total. The molecule has 0 fully saturated rings. The molecule has 3 aromatic rings. The van der Waals surface area contributed by atoms with Crippen molar-refractivity contribution in [3.63, 3.8) is 0 Å². The molecule has 0 atom stereocenters. The number of nitrogens with one attached hydrogen (secondary N) is 1. The van der Waals surface area contributed by atoms with Gasteiger partial charge in [0.1, 0.15) is 12.4 Å². The predicted octanol–water partition coefficient (Wildman–Crippen LogP) is 6.34. The van der Waals surface area contributed by atoms with E-state index >= 15 is 0 Å². The van der Waals surface area contributed by atoms with Crippen molar-refractivity contribution in [1.82, 2.24) is 4.98 Å². The minimum atomic E-state index is -4.43. The Morgan fingerprint density at radius 3 is 2.45 bits per heavy atom. The van der Waals surface area contributed by atoms with Crippen LogP contribution in [0, 0.1) is 7.14 Å². The van der Waals surface area contributed by atoms with E-state index < -0.39 is 11.7 Å². The highest BCUT2D eigenvalue weighted by atomic mass is 127. The summed E-state index contributed by atoms with van der Waals surface area (Å²) >= 11 is 4.40. The number of aromatic nitrogens is 1. The van der Waals surface area contributed by atoms with E-state index in [9.17, 15) is 13.2 Å². The van der Waals surface area contributed by atoms with Crippen molar-refractivity contribution in [1.29, 1.82) is 0 Å². The van der Waals surface area contributed by atoms with Crippen molar-refractivity contribution in [2.45, 2.75) is 12.8 Å².